The lowest BCUT2D eigenvalue weighted by molar-refractivity contribution is -0.108. The molecule has 26 heavy (non-hydrogen) atoms. The van der Waals surface area contributed by atoms with Crippen LogP contribution in [0.4, 0.5) is 10.6 Å². The molecule has 0 aliphatic carbocycles. The van der Waals surface area contributed by atoms with Gasteiger partial charge in [-0.3, -0.25) is 10.1 Å². The summed E-state index contributed by atoms with van der Waals surface area (Å²) in [6, 6.07) is 4.96. The van der Waals surface area contributed by atoms with Crippen LogP contribution in [0.1, 0.15) is 25.6 Å². The van der Waals surface area contributed by atoms with Crippen molar-refractivity contribution < 1.29 is 14.0 Å². The third kappa shape index (κ3) is 3.65. The maximum absolute atomic E-state index is 11.8. The third-order valence-electron chi connectivity index (χ3n) is 5.02. The van der Waals surface area contributed by atoms with Crippen LogP contribution in [0.25, 0.3) is 11.1 Å². The lowest BCUT2D eigenvalue weighted by Gasteiger charge is -2.34. The number of piperazine rings is 1. The van der Waals surface area contributed by atoms with E-state index in [-0.39, 0.29) is 6.04 Å². The minimum absolute atomic E-state index is 0.319. The van der Waals surface area contributed by atoms with Gasteiger partial charge < -0.3 is 19.1 Å². The number of imide groups is 1. The van der Waals surface area contributed by atoms with Crippen LogP contribution in [0.2, 0.25) is 0 Å². The number of furan rings is 1. The average molecular weight is 359 g/mol. The molecule has 8 nitrogen and oxygen atoms in total. The number of aromatic nitrogens is 1. The number of urea groups is 1. The monoisotopic (exact) mass is 359 g/mol. The standard InChI is InChI=1S/C18H25N5O3/c1-4-22-7-9-23(10-8-22)17-6-5-15-14(20-17)11-16(26-15)13(2)21(3)18(25)19-12-24/h5-6,11-13H,4,7-10H2,1-3H3,(H,19,24,25). The molecule has 0 saturated carbocycles. The zero-order chi connectivity index (χ0) is 18.7. The summed E-state index contributed by atoms with van der Waals surface area (Å²) >= 11 is 0. The smallest absolute Gasteiger partial charge is 0.324 e. The Hall–Kier alpha value is -2.61. The average Bonchev–Trinajstić information content (AvgIpc) is 3.10. The Kier molecular flexibility index (Phi) is 5.41. The molecule has 1 N–H and O–H groups in total. The minimum Gasteiger partial charge on any atom is -0.457 e. The number of carbonyl (C=O) groups excluding carboxylic acids is 2. The fourth-order valence-electron chi connectivity index (χ4n) is 3.13. The zero-order valence-electron chi connectivity index (χ0n) is 15.4. The molecule has 3 rings (SSSR count). The Morgan fingerprint density at radius 3 is 2.77 bits per heavy atom. The van der Waals surface area contributed by atoms with Crippen LogP contribution in [-0.4, -0.2) is 67.0 Å². The summed E-state index contributed by atoms with van der Waals surface area (Å²) in [5, 5.41) is 2.13. The predicted molar refractivity (Wildman–Crippen MR) is 99.1 cm³/mol. The van der Waals surface area contributed by atoms with Gasteiger partial charge in [-0.1, -0.05) is 6.92 Å². The minimum atomic E-state index is -0.476. The summed E-state index contributed by atoms with van der Waals surface area (Å²) in [6.45, 7) is 9.10. The largest absolute Gasteiger partial charge is 0.457 e. The zero-order valence-corrected chi connectivity index (χ0v) is 15.4. The first-order chi connectivity index (χ1) is 12.5. The van der Waals surface area contributed by atoms with Crippen molar-refractivity contribution in [1.29, 1.82) is 0 Å². The molecule has 3 amide bonds. The molecule has 1 fully saturated rings. The van der Waals surface area contributed by atoms with E-state index in [0.717, 1.165) is 44.1 Å². The van der Waals surface area contributed by atoms with Gasteiger partial charge in [0, 0.05) is 39.3 Å². The van der Waals surface area contributed by atoms with Gasteiger partial charge in [-0.15, -0.1) is 0 Å². The van der Waals surface area contributed by atoms with Gasteiger partial charge in [-0.25, -0.2) is 9.78 Å². The van der Waals surface area contributed by atoms with Crippen molar-refractivity contribution in [2.75, 3.05) is 44.7 Å². The molecule has 8 heteroatoms. The quantitative estimate of drug-likeness (QED) is 0.820. The molecule has 0 spiro atoms. The van der Waals surface area contributed by atoms with Crippen LogP contribution in [0.5, 0.6) is 0 Å². The molecule has 140 valence electrons. The second-order valence-electron chi connectivity index (χ2n) is 6.48. The summed E-state index contributed by atoms with van der Waals surface area (Å²) in [5.74, 6) is 1.57. The van der Waals surface area contributed by atoms with Crippen molar-refractivity contribution in [3.8, 4) is 0 Å². The Morgan fingerprint density at radius 2 is 2.12 bits per heavy atom. The van der Waals surface area contributed by atoms with Gasteiger partial charge >= 0.3 is 6.03 Å². The molecular weight excluding hydrogens is 334 g/mol. The summed E-state index contributed by atoms with van der Waals surface area (Å²) in [7, 11) is 1.61. The highest BCUT2D eigenvalue weighted by Gasteiger charge is 2.22. The van der Waals surface area contributed by atoms with Gasteiger partial charge in [-0.05, 0) is 25.6 Å². The van der Waals surface area contributed by atoms with Crippen LogP contribution in [0.3, 0.4) is 0 Å². The van der Waals surface area contributed by atoms with Gasteiger partial charge in [-0.2, -0.15) is 0 Å². The van der Waals surface area contributed by atoms with E-state index in [2.05, 4.69) is 22.0 Å². The maximum Gasteiger partial charge on any atom is 0.324 e. The second-order valence-corrected chi connectivity index (χ2v) is 6.48. The molecule has 1 saturated heterocycles. The van der Waals surface area contributed by atoms with E-state index in [1.807, 2.05) is 25.1 Å². The Labute approximate surface area is 152 Å². The number of nitrogens with zero attached hydrogens (tertiary/aromatic N) is 4. The van der Waals surface area contributed by atoms with Crippen molar-refractivity contribution in [2.24, 2.45) is 0 Å². The SMILES string of the molecule is CCN1CCN(c2ccc3oc(C(C)N(C)C(=O)NC=O)cc3n2)CC1. The van der Waals surface area contributed by atoms with Crippen LogP contribution >= 0.6 is 0 Å². The normalized spacial score (nSPS) is 16.5. The molecule has 2 aromatic rings. The molecule has 1 aliphatic rings. The highest BCUT2D eigenvalue weighted by Crippen LogP contribution is 2.27. The van der Waals surface area contributed by atoms with E-state index < -0.39 is 6.03 Å². The second kappa shape index (κ2) is 7.74. The molecular formula is C18H25N5O3. The van der Waals surface area contributed by atoms with E-state index in [1.54, 1.807) is 7.05 Å². The van der Waals surface area contributed by atoms with Gasteiger partial charge in [0.15, 0.2) is 5.58 Å². The van der Waals surface area contributed by atoms with Crippen molar-refractivity contribution in [3.63, 3.8) is 0 Å². The number of pyridine rings is 1. The first-order valence-corrected chi connectivity index (χ1v) is 8.88. The third-order valence-corrected chi connectivity index (χ3v) is 5.02. The molecule has 3 heterocycles. The summed E-state index contributed by atoms with van der Waals surface area (Å²) < 4.78 is 5.86. The fraction of sp³-hybridized carbons (Fsp3) is 0.500. The number of carbonyl (C=O) groups is 2. The van der Waals surface area contributed by atoms with Crippen molar-refractivity contribution >= 4 is 29.4 Å². The summed E-state index contributed by atoms with van der Waals surface area (Å²) in [4.78, 5) is 33.1. The van der Waals surface area contributed by atoms with Crippen LogP contribution < -0.4 is 10.2 Å². The molecule has 1 atom stereocenters. The number of hydrogen-bond acceptors (Lipinski definition) is 6. The fourth-order valence-corrected chi connectivity index (χ4v) is 3.13. The topological polar surface area (TPSA) is 81.9 Å². The van der Waals surface area contributed by atoms with Crippen molar-refractivity contribution in [1.82, 2.24) is 20.1 Å². The number of fused-ring (bicyclic) bond motifs is 1. The van der Waals surface area contributed by atoms with E-state index in [4.69, 9.17) is 9.40 Å². The van der Waals surface area contributed by atoms with Crippen LogP contribution in [0, 0.1) is 0 Å². The Bertz CT molecular complexity index is 782. The number of nitrogens with one attached hydrogen (secondary N) is 1. The molecule has 2 aromatic heterocycles. The number of likely N-dealkylation sites (N-methyl/N-ethyl adjacent to an activating group) is 1. The number of amides is 3. The molecule has 1 unspecified atom stereocenters. The lowest BCUT2D eigenvalue weighted by Crippen LogP contribution is -2.46. The predicted octanol–water partition coefficient (Wildman–Crippen LogP) is 1.83. The van der Waals surface area contributed by atoms with E-state index >= 15 is 0 Å². The van der Waals surface area contributed by atoms with Crippen molar-refractivity contribution in [3.05, 3.63) is 24.0 Å². The molecule has 0 bridgehead atoms. The van der Waals surface area contributed by atoms with E-state index in [9.17, 15) is 9.59 Å². The molecule has 1 aliphatic heterocycles. The van der Waals surface area contributed by atoms with Gasteiger partial charge in [0.05, 0.1) is 6.04 Å². The summed E-state index contributed by atoms with van der Waals surface area (Å²) in [5.41, 5.74) is 1.46. The first-order valence-electron chi connectivity index (χ1n) is 8.88. The summed E-state index contributed by atoms with van der Waals surface area (Å²) in [6.07, 6.45) is 0.371. The van der Waals surface area contributed by atoms with E-state index in [0.29, 0.717) is 17.8 Å². The van der Waals surface area contributed by atoms with Gasteiger partial charge in [0.1, 0.15) is 17.1 Å². The van der Waals surface area contributed by atoms with Gasteiger partial charge in [0.25, 0.3) is 0 Å². The number of hydrogen-bond donors (Lipinski definition) is 1. The lowest BCUT2D eigenvalue weighted by atomic mass is 10.2. The number of rotatable bonds is 5. The highest BCUT2D eigenvalue weighted by molar-refractivity contribution is 5.84. The molecule has 0 aromatic carbocycles. The Balaban J connectivity index is 1.77. The first kappa shape index (κ1) is 18.2. The van der Waals surface area contributed by atoms with Crippen LogP contribution in [-0.2, 0) is 4.79 Å². The van der Waals surface area contributed by atoms with Crippen molar-refractivity contribution in [2.45, 2.75) is 19.9 Å². The molecule has 0 radical (unpaired) electrons. The maximum atomic E-state index is 11.8. The Morgan fingerprint density at radius 1 is 1.38 bits per heavy atom. The van der Waals surface area contributed by atoms with Crippen LogP contribution in [0.15, 0.2) is 22.6 Å². The highest BCUT2D eigenvalue weighted by atomic mass is 16.3. The van der Waals surface area contributed by atoms with E-state index in [1.165, 1.54) is 4.90 Å². The number of anilines is 1. The van der Waals surface area contributed by atoms with Gasteiger partial charge in [0.2, 0.25) is 6.41 Å².